The maximum Gasteiger partial charge on any atom is 0.407 e. The first-order chi connectivity index (χ1) is 25.7. The molecule has 1 aliphatic rings. The molecule has 7 rings (SSSR count). The van der Waals surface area contributed by atoms with Gasteiger partial charge in [-0.05, 0) is 66.1 Å². The molecule has 1 saturated heterocycles. The lowest BCUT2D eigenvalue weighted by atomic mass is 9.84. The van der Waals surface area contributed by atoms with Crippen LogP contribution in [0.5, 0.6) is 5.75 Å². The Morgan fingerprint density at radius 2 is 1.48 bits per heavy atom. The third-order valence-corrected chi connectivity index (χ3v) is 10.7. The van der Waals surface area contributed by atoms with Crippen molar-refractivity contribution in [1.29, 1.82) is 0 Å². The molecule has 0 bridgehead atoms. The van der Waals surface area contributed by atoms with Crippen LogP contribution in [0.25, 0.3) is 10.9 Å². The Morgan fingerprint density at radius 1 is 0.846 bits per heavy atom. The summed E-state index contributed by atoms with van der Waals surface area (Å²) in [6.45, 7) is 1.83. The Kier molecular flexibility index (Phi) is 11.4. The molecule has 0 saturated carbocycles. The van der Waals surface area contributed by atoms with Gasteiger partial charge in [0, 0.05) is 23.6 Å². The van der Waals surface area contributed by atoms with Gasteiger partial charge in [-0.1, -0.05) is 127 Å². The summed E-state index contributed by atoms with van der Waals surface area (Å²) in [6.07, 6.45) is 3.11. The summed E-state index contributed by atoms with van der Waals surface area (Å²) in [5.74, 6) is 4.23. The van der Waals surface area contributed by atoms with Crippen molar-refractivity contribution in [3.05, 3.63) is 167 Å². The minimum absolute atomic E-state index is 0.134. The zero-order valence-electron chi connectivity index (χ0n) is 29.0. The number of carbonyl (C=O) groups is 1. The molecule has 2 radical (unpaired) electrons. The molecule has 1 atom stereocenters. The van der Waals surface area contributed by atoms with Crippen molar-refractivity contribution in [3.8, 4) is 17.2 Å². The maximum atomic E-state index is 12.2. The molecular formula is C44H41N3O4Si. The topological polar surface area (TPSA) is 74.6 Å². The van der Waals surface area contributed by atoms with E-state index in [2.05, 4.69) is 108 Å². The second kappa shape index (κ2) is 17.1. The number of ether oxygens (including phenoxy) is 3. The summed E-state index contributed by atoms with van der Waals surface area (Å²) in [6, 6.07) is 47.6. The fourth-order valence-corrected chi connectivity index (χ4v) is 7.93. The number of benzene rings is 5. The van der Waals surface area contributed by atoms with Crippen LogP contribution in [0.1, 0.15) is 59.9 Å². The number of aromatic nitrogens is 2. The highest BCUT2D eigenvalue weighted by Crippen LogP contribution is 2.38. The van der Waals surface area contributed by atoms with E-state index in [0.29, 0.717) is 25.3 Å². The predicted octanol–water partition coefficient (Wildman–Crippen LogP) is 8.44. The average molecular weight is 704 g/mol. The molecule has 1 fully saturated rings. The van der Waals surface area contributed by atoms with Gasteiger partial charge in [0.05, 0.1) is 12.1 Å². The lowest BCUT2D eigenvalue weighted by Crippen LogP contribution is -2.35. The molecule has 1 amide bonds. The van der Waals surface area contributed by atoms with E-state index in [-0.39, 0.29) is 22.4 Å². The Hall–Kier alpha value is -5.62. The van der Waals surface area contributed by atoms with Crippen LogP contribution in [0.15, 0.2) is 140 Å². The van der Waals surface area contributed by atoms with E-state index in [1.54, 1.807) is 0 Å². The summed E-state index contributed by atoms with van der Waals surface area (Å²) < 4.78 is 19.6. The molecule has 5 aromatic carbocycles. The van der Waals surface area contributed by atoms with Crippen LogP contribution in [0.3, 0.4) is 0 Å². The van der Waals surface area contributed by atoms with Crippen LogP contribution in [0, 0.1) is 11.5 Å². The Morgan fingerprint density at radius 3 is 2.10 bits per heavy atom. The van der Waals surface area contributed by atoms with E-state index in [1.165, 1.54) is 16.7 Å². The van der Waals surface area contributed by atoms with Crippen molar-refractivity contribution < 1.29 is 19.0 Å². The van der Waals surface area contributed by atoms with Gasteiger partial charge in [0.15, 0.2) is 15.7 Å². The number of rotatable bonds is 12. The van der Waals surface area contributed by atoms with Crippen molar-refractivity contribution in [1.82, 2.24) is 15.1 Å². The number of amides is 1. The first kappa shape index (κ1) is 34.8. The van der Waals surface area contributed by atoms with Gasteiger partial charge in [0.1, 0.15) is 18.1 Å². The second-order valence-corrected chi connectivity index (χ2v) is 14.0. The zero-order chi connectivity index (χ0) is 35.4. The molecule has 1 unspecified atom stereocenters. The third-order valence-electron chi connectivity index (χ3n) is 9.23. The number of alkyl carbamates (subject to hydrolysis) is 1. The molecule has 8 heteroatoms. The second-order valence-electron chi connectivity index (χ2n) is 12.7. The fraction of sp³-hybridized carbons (Fsp3) is 0.227. The molecule has 7 nitrogen and oxygen atoms in total. The molecule has 1 aromatic heterocycles. The molecule has 0 spiro atoms. The highest BCUT2D eigenvalue weighted by Gasteiger charge is 2.36. The largest absolute Gasteiger partial charge is 0.494 e. The lowest BCUT2D eigenvalue weighted by Gasteiger charge is -2.33. The fourth-order valence-electron chi connectivity index (χ4n) is 6.63. The van der Waals surface area contributed by atoms with Gasteiger partial charge in [0.2, 0.25) is 0 Å². The minimum atomic E-state index is -0.460. The molecule has 0 aliphatic carbocycles. The normalized spacial score (nSPS) is 14.3. The van der Waals surface area contributed by atoms with Gasteiger partial charge < -0.3 is 19.5 Å². The highest BCUT2D eigenvalue weighted by molar-refractivity contribution is 6.52. The van der Waals surface area contributed by atoms with Crippen molar-refractivity contribution in [2.24, 2.45) is 0 Å². The number of carbonyl (C=O) groups excluding carboxylic acids is 1. The maximum absolute atomic E-state index is 12.2. The number of nitrogens with zero attached hydrogens (tertiary/aromatic N) is 2. The summed E-state index contributed by atoms with van der Waals surface area (Å²) in [5.41, 5.74) is 9.83. The standard InChI is InChI=1S/C44H41N3O4Si/c48-43(51-33-34-16-5-1-6-17-34)45-28-15-30-49-38-25-26-41-39(32-38)40(46-47(41)42-24-13-14-29-50-42)27-31-52-44(35-18-7-2-8-19-35,36-20-9-3-10-21-36)37-22-11-4-12-23-37/h1-12,16-23,25-26,32,42H,13-15,24,28-30,33H2,(H,45,48). The minimum Gasteiger partial charge on any atom is -0.494 e. The molecule has 1 N–H and O–H groups in total. The number of fused-ring (bicyclic) bond motifs is 1. The van der Waals surface area contributed by atoms with E-state index in [9.17, 15) is 4.79 Å². The molecule has 1 aliphatic heterocycles. The van der Waals surface area contributed by atoms with Crippen LogP contribution in [0.4, 0.5) is 4.79 Å². The number of nitrogens with one attached hydrogen (secondary N) is 1. The van der Waals surface area contributed by atoms with E-state index >= 15 is 0 Å². The number of hydrogen-bond acceptors (Lipinski definition) is 5. The van der Waals surface area contributed by atoms with E-state index in [4.69, 9.17) is 19.3 Å². The van der Waals surface area contributed by atoms with Crippen LogP contribution in [0.2, 0.25) is 0 Å². The first-order valence-electron chi connectivity index (χ1n) is 17.9. The van der Waals surface area contributed by atoms with Crippen molar-refractivity contribution in [2.45, 2.75) is 43.6 Å². The average Bonchev–Trinajstić information content (AvgIpc) is 3.58. The van der Waals surface area contributed by atoms with Gasteiger partial charge in [-0.25, -0.2) is 9.48 Å². The van der Waals surface area contributed by atoms with Gasteiger partial charge in [0.25, 0.3) is 0 Å². The van der Waals surface area contributed by atoms with Crippen LogP contribution in [-0.2, 0) is 21.1 Å². The van der Waals surface area contributed by atoms with Crippen LogP contribution >= 0.6 is 0 Å². The van der Waals surface area contributed by atoms with E-state index in [1.807, 2.05) is 53.2 Å². The monoisotopic (exact) mass is 703 g/mol. The first-order valence-corrected chi connectivity index (χ1v) is 18.9. The molecular weight excluding hydrogens is 663 g/mol. The van der Waals surface area contributed by atoms with Crippen molar-refractivity contribution >= 4 is 26.5 Å². The number of hydrogen-bond donors (Lipinski definition) is 1. The predicted molar refractivity (Wildman–Crippen MR) is 205 cm³/mol. The molecule has 260 valence electrons. The lowest BCUT2D eigenvalue weighted by molar-refractivity contribution is -0.0367. The zero-order valence-corrected chi connectivity index (χ0v) is 30.0. The summed E-state index contributed by atoms with van der Waals surface area (Å²) in [7, 11) is 0.207. The van der Waals surface area contributed by atoms with E-state index < -0.39 is 11.1 Å². The smallest absolute Gasteiger partial charge is 0.407 e. The Bertz CT molecular complexity index is 2010. The van der Waals surface area contributed by atoms with Gasteiger partial charge >= 0.3 is 6.09 Å². The van der Waals surface area contributed by atoms with Crippen LogP contribution < -0.4 is 10.1 Å². The summed E-state index contributed by atoms with van der Waals surface area (Å²) in [5, 5.41) is 8.33. The van der Waals surface area contributed by atoms with Gasteiger partial charge in [-0.3, -0.25) is 0 Å². The van der Waals surface area contributed by atoms with E-state index in [0.717, 1.165) is 48.1 Å². The summed E-state index contributed by atoms with van der Waals surface area (Å²) in [4.78, 5) is 12.2. The van der Waals surface area contributed by atoms with Crippen molar-refractivity contribution in [2.75, 3.05) is 19.8 Å². The quantitative estimate of drug-likeness (QED) is 0.0600. The SMILES string of the molecule is O=C(NCCCOc1ccc2c(c1)c(C#C[Si]C(c1ccccc1)(c1ccccc1)c1ccccc1)nn2C1CCCCO1)OCc1ccccc1. The third kappa shape index (κ3) is 8.12. The summed E-state index contributed by atoms with van der Waals surface area (Å²) >= 11 is 0. The molecule has 2 heterocycles. The van der Waals surface area contributed by atoms with Gasteiger partial charge in [-0.2, -0.15) is 5.10 Å². The Labute approximate surface area is 307 Å². The van der Waals surface area contributed by atoms with Crippen molar-refractivity contribution in [3.63, 3.8) is 0 Å². The molecule has 52 heavy (non-hydrogen) atoms. The van der Waals surface area contributed by atoms with Crippen LogP contribution in [-0.4, -0.2) is 45.2 Å². The van der Waals surface area contributed by atoms with Gasteiger partial charge in [-0.15, -0.1) is 5.54 Å². The molecule has 6 aromatic rings. The highest BCUT2D eigenvalue weighted by atomic mass is 28.2. The Balaban J connectivity index is 1.13.